The highest BCUT2D eigenvalue weighted by Gasteiger charge is 2.14. The minimum Gasteiger partial charge on any atom is -0.394 e. The van der Waals surface area contributed by atoms with E-state index in [0.717, 1.165) is 11.1 Å². The van der Waals surface area contributed by atoms with Crippen molar-refractivity contribution in [3.8, 4) is 0 Å². The summed E-state index contributed by atoms with van der Waals surface area (Å²) in [5, 5.41) is 12.8. The van der Waals surface area contributed by atoms with Gasteiger partial charge in [-0.2, -0.15) is 0 Å². The Balaban J connectivity index is 2.10. The molecule has 2 nitrogen and oxygen atoms in total. The van der Waals surface area contributed by atoms with Crippen molar-refractivity contribution in [3.63, 3.8) is 0 Å². The third kappa shape index (κ3) is 3.63. The maximum absolute atomic E-state index is 13.2. The Morgan fingerprint density at radius 2 is 1.74 bits per heavy atom. The molecule has 0 heterocycles. The highest BCUT2D eigenvalue weighted by atomic mass is 19.1. The van der Waals surface area contributed by atoms with Gasteiger partial charge in [0.15, 0.2) is 0 Å². The van der Waals surface area contributed by atoms with E-state index in [1.807, 2.05) is 43.3 Å². The van der Waals surface area contributed by atoms with Crippen molar-refractivity contribution in [3.05, 3.63) is 71.5 Å². The van der Waals surface area contributed by atoms with Gasteiger partial charge in [0.05, 0.1) is 12.6 Å². The largest absolute Gasteiger partial charge is 0.394 e. The van der Waals surface area contributed by atoms with Crippen molar-refractivity contribution in [1.29, 1.82) is 0 Å². The van der Waals surface area contributed by atoms with E-state index in [1.54, 1.807) is 6.07 Å². The topological polar surface area (TPSA) is 32.3 Å². The number of aliphatic hydroxyl groups excluding tert-OH is 1. The molecule has 0 spiro atoms. The molecule has 19 heavy (non-hydrogen) atoms. The summed E-state index contributed by atoms with van der Waals surface area (Å²) in [4.78, 5) is 0. The third-order valence-corrected chi connectivity index (χ3v) is 3.18. The van der Waals surface area contributed by atoms with Crippen molar-refractivity contribution in [2.75, 3.05) is 6.61 Å². The highest BCUT2D eigenvalue weighted by molar-refractivity contribution is 5.22. The molecule has 0 saturated carbocycles. The Hall–Kier alpha value is -1.71. The molecule has 2 N–H and O–H groups in total. The minimum atomic E-state index is -0.244. The molecule has 2 rings (SSSR count). The van der Waals surface area contributed by atoms with Gasteiger partial charge in [-0.05, 0) is 30.2 Å². The molecule has 0 amide bonds. The molecule has 2 atom stereocenters. The summed E-state index contributed by atoms with van der Waals surface area (Å²) in [6.07, 6.45) is 0. The molecule has 0 aliphatic rings. The van der Waals surface area contributed by atoms with E-state index in [9.17, 15) is 9.50 Å². The summed E-state index contributed by atoms with van der Waals surface area (Å²) < 4.78 is 13.2. The SMILES string of the molecule is CC(N[C@@H](CO)c1ccccc1)c1cccc(F)c1. The smallest absolute Gasteiger partial charge is 0.123 e. The first-order chi connectivity index (χ1) is 9.20. The minimum absolute atomic E-state index is 0.00364. The number of rotatable bonds is 5. The van der Waals surface area contributed by atoms with Crippen LogP contribution in [0.1, 0.15) is 30.1 Å². The molecule has 0 bridgehead atoms. The van der Waals surface area contributed by atoms with E-state index in [1.165, 1.54) is 12.1 Å². The van der Waals surface area contributed by atoms with Crippen LogP contribution in [0, 0.1) is 5.82 Å². The predicted octanol–water partition coefficient (Wildman–Crippen LogP) is 3.21. The van der Waals surface area contributed by atoms with Crippen LogP contribution >= 0.6 is 0 Å². The molecule has 100 valence electrons. The van der Waals surface area contributed by atoms with E-state index >= 15 is 0 Å². The van der Waals surface area contributed by atoms with Gasteiger partial charge in [-0.15, -0.1) is 0 Å². The molecule has 1 unspecified atom stereocenters. The highest BCUT2D eigenvalue weighted by Crippen LogP contribution is 2.19. The number of benzene rings is 2. The number of aliphatic hydroxyl groups is 1. The summed E-state index contributed by atoms with van der Waals surface area (Å²) >= 11 is 0. The molecule has 0 aliphatic heterocycles. The van der Waals surface area contributed by atoms with Gasteiger partial charge in [0.1, 0.15) is 5.82 Å². The molecule has 2 aromatic carbocycles. The van der Waals surface area contributed by atoms with Crippen molar-refractivity contribution >= 4 is 0 Å². The molecule has 0 radical (unpaired) electrons. The van der Waals surface area contributed by atoms with Gasteiger partial charge in [0, 0.05) is 6.04 Å². The quantitative estimate of drug-likeness (QED) is 0.864. The van der Waals surface area contributed by atoms with E-state index in [0.29, 0.717) is 0 Å². The van der Waals surface area contributed by atoms with Crippen LogP contribution in [0.25, 0.3) is 0 Å². The summed E-state index contributed by atoms with van der Waals surface area (Å²) in [6.45, 7) is 1.96. The van der Waals surface area contributed by atoms with Crippen molar-refractivity contribution in [2.45, 2.75) is 19.0 Å². The second kappa shape index (κ2) is 6.45. The van der Waals surface area contributed by atoms with Crippen molar-refractivity contribution in [1.82, 2.24) is 5.32 Å². The first-order valence-electron chi connectivity index (χ1n) is 6.38. The number of hydrogen-bond donors (Lipinski definition) is 2. The monoisotopic (exact) mass is 259 g/mol. The van der Waals surface area contributed by atoms with E-state index in [2.05, 4.69) is 5.32 Å². The zero-order valence-corrected chi connectivity index (χ0v) is 10.9. The van der Waals surface area contributed by atoms with Crippen LogP contribution in [0.5, 0.6) is 0 Å². The summed E-state index contributed by atoms with van der Waals surface area (Å²) in [6, 6.07) is 16.1. The molecule has 0 saturated heterocycles. The maximum Gasteiger partial charge on any atom is 0.123 e. The average Bonchev–Trinajstić information content (AvgIpc) is 2.45. The molecule has 2 aromatic rings. The fourth-order valence-corrected chi connectivity index (χ4v) is 2.11. The fraction of sp³-hybridized carbons (Fsp3) is 0.250. The average molecular weight is 259 g/mol. The number of hydrogen-bond acceptors (Lipinski definition) is 2. The summed E-state index contributed by atoms with van der Waals surface area (Å²) in [7, 11) is 0. The Morgan fingerprint density at radius 1 is 1.05 bits per heavy atom. The zero-order chi connectivity index (χ0) is 13.7. The van der Waals surface area contributed by atoms with Crippen LogP contribution in [0.4, 0.5) is 4.39 Å². The Kier molecular flexibility index (Phi) is 4.66. The lowest BCUT2D eigenvalue weighted by molar-refractivity contribution is 0.235. The molecule has 3 heteroatoms. The molecule has 0 aliphatic carbocycles. The maximum atomic E-state index is 13.2. The van der Waals surface area contributed by atoms with Gasteiger partial charge in [-0.25, -0.2) is 4.39 Å². The number of nitrogens with one attached hydrogen (secondary N) is 1. The normalized spacial score (nSPS) is 14.1. The van der Waals surface area contributed by atoms with Crippen LogP contribution in [0.3, 0.4) is 0 Å². The molecule has 0 aromatic heterocycles. The van der Waals surface area contributed by atoms with Crippen LogP contribution in [-0.4, -0.2) is 11.7 Å². The molecule has 0 fully saturated rings. The van der Waals surface area contributed by atoms with Gasteiger partial charge in [0.2, 0.25) is 0 Å². The standard InChI is InChI=1S/C16H18FNO/c1-12(14-8-5-9-15(17)10-14)18-16(11-19)13-6-3-2-4-7-13/h2-10,12,16,18-19H,11H2,1H3/t12?,16-/m0/s1. The summed E-state index contributed by atoms with van der Waals surface area (Å²) in [5.74, 6) is -0.244. The lowest BCUT2D eigenvalue weighted by Crippen LogP contribution is -2.27. The second-order valence-electron chi connectivity index (χ2n) is 4.59. The fourth-order valence-electron chi connectivity index (χ4n) is 2.11. The van der Waals surface area contributed by atoms with Crippen LogP contribution in [0.2, 0.25) is 0 Å². The van der Waals surface area contributed by atoms with E-state index in [-0.39, 0.29) is 24.5 Å². The van der Waals surface area contributed by atoms with Crippen LogP contribution < -0.4 is 5.32 Å². The Bertz CT molecular complexity index is 515. The lowest BCUT2D eigenvalue weighted by atomic mass is 10.0. The first kappa shape index (κ1) is 13.7. The Labute approximate surface area is 112 Å². The van der Waals surface area contributed by atoms with Crippen molar-refractivity contribution in [2.24, 2.45) is 0 Å². The molecular weight excluding hydrogens is 241 g/mol. The van der Waals surface area contributed by atoms with Gasteiger partial charge >= 0.3 is 0 Å². The predicted molar refractivity (Wildman–Crippen MR) is 74.2 cm³/mol. The van der Waals surface area contributed by atoms with Gasteiger partial charge < -0.3 is 10.4 Å². The van der Waals surface area contributed by atoms with Crippen LogP contribution in [0.15, 0.2) is 54.6 Å². The van der Waals surface area contributed by atoms with Gasteiger partial charge in [-0.1, -0.05) is 42.5 Å². The second-order valence-corrected chi connectivity index (χ2v) is 4.59. The van der Waals surface area contributed by atoms with E-state index in [4.69, 9.17) is 0 Å². The Morgan fingerprint density at radius 3 is 2.37 bits per heavy atom. The molecular formula is C16H18FNO. The van der Waals surface area contributed by atoms with Crippen LogP contribution in [-0.2, 0) is 0 Å². The number of halogens is 1. The van der Waals surface area contributed by atoms with Gasteiger partial charge in [-0.3, -0.25) is 0 Å². The first-order valence-corrected chi connectivity index (χ1v) is 6.38. The summed E-state index contributed by atoms with van der Waals surface area (Å²) in [5.41, 5.74) is 1.89. The van der Waals surface area contributed by atoms with E-state index < -0.39 is 0 Å². The third-order valence-electron chi connectivity index (χ3n) is 3.18. The van der Waals surface area contributed by atoms with Crippen molar-refractivity contribution < 1.29 is 9.50 Å². The zero-order valence-electron chi connectivity index (χ0n) is 10.9. The lowest BCUT2D eigenvalue weighted by Gasteiger charge is -2.22. The van der Waals surface area contributed by atoms with Gasteiger partial charge in [0.25, 0.3) is 0 Å².